The van der Waals surface area contributed by atoms with E-state index in [0.29, 0.717) is 5.92 Å². The smallest absolute Gasteiger partial charge is 0.0423 e. The number of hydrogen-bond donors (Lipinski definition) is 0. The molecule has 0 aromatic carbocycles. The lowest BCUT2D eigenvalue weighted by Gasteiger charge is -2.32. The maximum absolute atomic E-state index is 4.52. The predicted molar refractivity (Wildman–Crippen MR) is 80.2 cm³/mol. The molecule has 0 radical (unpaired) electrons. The first-order valence-electron chi connectivity index (χ1n) is 6.79. The Bertz CT molecular complexity index is 321. The van der Waals surface area contributed by atoms with Crippen molar-refractivity contribution in [3.05, 3.63) is 24.4 Å². The number of rotatable bonds is 5. The van der Waals surface area contributed by atoms with Crippen molar-refractivity contribution in [2.45, 2.75) is 20.8 Å². The quantitative estimate of drug-likeness (QED) is 0.697. The highest BCUT2D eigenvalue weighted by Crippen LogP contribution is 2.05. The van der Waals surface area contributed by atoms with Gasteiger partial charge in [0.15, 0.2) is 0 Å². The van der Waals surface area contributed by atoms with E-state index in [9.17, 15) is 0 Å². The lowest BCUT2D eigenvalue weighted by atomic mass is 10.1. The monoisotopic (exact) mass is 249 g/mol. The molecule has 1 fully saturated rings. The van der Waals surface area contributed by atoms with E-state index < -0.39 is 0 Å². The van der Waals surface area contributed by atoms with Gasteiger partial charge in [-0.3, -0.25) is 9.89 Å². The van der Waals surface area contributed by atoms with Crippen LogP contribution in [0.1, 0.15) is 20.8 Å². The third-order valence-corrected chi connectivity index (χ3v) is 3.30. The fourth-order valence-electron chi connectivity index (χ4n) is 2.02. The minimum Gasteiger partial charge on any atom is -0.304 e. The van der Waals surface area contributed by atoms with E-state index in [1.165, 1.54) is 18.7 Å². The van der Waals surface area contributed by atoms with Crippen LogP contribution in [0.15, 0.2) is 29.4 Å². The number of likely N-dealkylation sites (N-methyl/N-ethyl adjacent to an activating group) is 1. The summed E-state index contributed by atoms with van der Waals surface area (Å²) in [5.41, 5.74) is 2.38. The summed E-state index contributed by atoms with van der Waals surface area (Å²) >= 11 is 0. The molecule has 3 nitrogen and oxygen atoms in total. The van der Waals surface area contributed by atoms with Crippen LogP contribution in [0.4, 0.5) is 0 Å². The Morgan fingerprint density at radius 3 is 2.39 bits per heavy atom. The molecule has 18 heavy (non-hydrogen) atoms. The second-order valence-electron chi connectivity index (χ2n) is 5.47. The minimum absolute atomic E-state index is 0.440. The van der Waals surface area contributed by atoms with E-state index in [4.69, 9.17) is 0 Å². The Morgan fingerprint density at radius 1 is 1.28 bits per heavy atom. The van der Waals surface area contributed by atoms with Crippen LogP contribution in [-0.2, 0) is 0 Å². The van der Waals surface area contributed by atoms with Crippen molar-refractivity contribution in [1.82, 2.24) is 9.80 Å². The van der Waals surface area contributed by atoms with E-state index in [2.05, 4.69) is 49.2 Å². The predicted octanol–water partition coefficient (Wildman–Crippen LogP) is 2.42. The van der Waals surface area contributed by atoms with Crippen LogP contribution in [0.2, 0.25) is 0 Å². The van der Waals surface area contributed by atoms with Crippen molar-refractivity contribution in [3.8, 4) is 0 Å². The van der Waals surface area contributed by atoms with Crippen LogP contribution in [0.5, 0.6) is 0 Å². The Balaban J connectivity index is 2.49. The summed E-state index contributed by atoms with van der Waals surface area (Å²) in [4.78, 5) is 9.39. The molecular formula is C15H27N3. The van der Waals surface area contributed by atoms with E-state index in [1.54, 1.807) is 0 Å². The van der Waals surface area contributed by atoms with Gasteiger partial charge in [0.1, 0.15) is 0 Å². The van der Waals surface area contributed by atoms with Crippen molar-refractivity contribution >= 4 is 5.71 Å². The first kappa shape index (κ1) is 15.1. The number of piperazine rings is 1. The lowest BCUT2D eigenvalue weighted by Crippen LogP contribution is -2.44. The molecule has 0 saturated carbocycles. The molecule has 0 aliphatic carbocycles. The molecule has 1 saturated heterocycles. The second-order valence-corrected chi connectivity index (χ2v) is 5.47. The molecule has 1 rings (SSSR count). The number of nitrogens with zero attached hydrogens (tertiary/aromatic N) is 3. The van der Waals surface area contributed by atoms with Crippen LogP contribution in [-0.4, -0.2) is 55.3 Å². The maximum Gasteiger partial charge on any atom is 0.0423 e. The van der Waals surface area contributed by atoms with Gasteiger partial charge >= 0.3 is 0 Å². The summed E-state index contributed by atoms with van der Waals surface area (Å²) in [7, 11) is 2.18. The number of allylic oxidation sites excluding steroid dienone is 1. The van der Waals surface area contributed by atoms with E-state index in [-0.39, 0.29) is 0 Å². The molecule has 0 aromatic heterocycles. The summed E-state index contributed by atoms with van der Waals surface area (Å²) in [5, 5.41) is 0. The maximum atomic E-state index is 4.52. The molecule has 0 amide bonds. The van der Waals surface area contributed by atoms with Crippen LogP contribution >= 0.6 is 0 Å². The first-order chi connectivity index (χ1) is 8.52. The van der Waals surface area contributed by atoms with E-state index in [1.807, 2.05) is 12.3 Å². The normalized spacial score (nSPS) is 20.5. The lowest BCUT2D eigenvalue weighted by molar-refractivity contribution is 0.164. The van der Waals surface area contributed by atoms with Crippen molar-refractivity contribution in [3.63, 3.8) is 0 Å². The van der Waals surface area contributed by atoms with Gasteiger partial charge in [-0.15, -0.1) is 0 Å². The van der Waals surface area contributed by atoms with E-state index in [0.717, 1.165) is 25.3 Å². The number of aliphatic imine (C=N–C) groups is 1. The fourth-order valence-corrected chi connectivity index (χ4v) is 2.02. The number of hydrogen-bond acceptors (Lipinski definition) is 3. The molecule has 0 aromatic rings. The molecule has 3 heteroatoms. The van der Waals surface area contributed by atoms with Gasteiger partial charge in [-0.1, -0.05) is 20.4 Å². The van der Waals surface area contributed by atoms with Gasteiger partial charge in [-0.05, 0) is 31.5 Å². The zero-order valence-corrected chi connectivity index (χ0v) is 12.3. The van der Waals surface area contributed by atoms with E-state index >= 15 is 0 Å². The third kappa shape index (κ3) is 5.15. The first-order valence-corrected chi connectivity index (χ1v) is 6.79. The summed E-state index contributed by atoms with van der Waals surface area (Å²) < 4.78 is 0. The summed E-state index contributed by atoms with van der Waals surface area (Å²) in [6.45, 7) is 15.9. The highest BCUT2D eigenvalue weighted by Gasteiger charge is 2.13. The molecule has 102 valence electrons. The average molecular weight is 249 g/mol. The molecule has 1 aliphatic rings. The van der Waals surface area contributed by atoms with Crippen LogP contribution in [0.25, 0.3) is 0 Å². The van der Waals surface area contributed by atoms with Gasteiger partial charge in [-0.2, -0.15) is 0 Å². The van der Waals surface area contributed by atoms with Gasteiger partial charge < -0.3 is 4.90 Å². The SMILES string of the molecule is C=CC(=N/C=C(\C)CN1CCN(C)CC1)C(C)C. The highest BCUT2D eigenvalue weighted by molar-refractivity contribution is 5.96. The second kappa shape index (κ2) is 7.49. The minimum atomic E-state index is 0.440. The Hall–Kier alpha value is -0.930. The van der Waals surface area contributed by atoms with Crippen molar-refractivity contribution in [1.29, 1.82) is 0 Å². The van der Waals surface area contributed by atoms with Crippen molar-refractivity contribution in [2.24, 2.45) is 10.9 Å². The molecule has 0 atom stereocenters. The largest absolute Gasteiger partial charge is 0.304 e. The molecule has 0 bridgehead atoms. The summed E-state index contributed by atoms with van der Waals surface area (Å²) in [6, 6.07) is 0. The topological polar surface area (TPSA) is 18.8 Å². The van der Waals surface area contributed by atoms with Crippen LogP contribution in [0.3, 0.4) is 0 Å². The zero-order chi connectivity index (χ0) is 13.5. The van der Waals surface area contributed by atoms with Crippen molar-refractivity contribution < 1.29 is 0 Å². The van der Waals surface area contributed by atoms with Crippen molar-refractivity contribution in [2.75, 3.05) is 39.8 Å². The molecule has 0 N–H and O–H groups in total. The molecule has 1 heterocycles. The Labute approximate surface area is 112 Å². The molecular weight excluding hydrogens is 222 g/mol. The molecule has 1 aliphatic heterocycles. The van der Waals surface area contributed by atoms with Crippen LogP contribution < -0.4 is 0 Å². The highest BCUT2D eigenvalue weighted by atomic mass is 15.2. The Kier molecular flexibility index (Phi) is 6.30. The van der Waals surface area contributed by atoms with Gasteiger partial charge in [0.25, 0.3) is 0 Å². The molecule has 0 unspecified atom stereocenters. The van der Waals surface area contributed by atoms with Gasteiger partial charge in [0.05, 0.1) is 0 Å². The van der Waals surface area contributed by atoms with Gasteiger partial charge in [-0.25, -0.2) is 0 Å². The standard InChI is InChI=1S/C15H27N3/c1-6-15(13(2)3)16-11-14(4)12-18-9-7-17(5)8-10-18/h6,11,13H,1,7-10,12H2,2-5H3/b14-11+,16-15?. The van der Waals surface area contributed by atoms with Gasteiger partial charge in [0.2, 0.25) is 0 Å². The Morgan fingerprint density at radius 2 is 1.89 bits per heavy atom. The molecule has 0 spiro atoms. The fraction of sp³-hybridized carbons (Fsp3) is 0.667. The van der Waals surface area contributed by atoms with Crippen LogP contribution in [0, 0.1) is 5.92 Å². The summed E-state index contributed by atoms with van der Waals surface area (Å²) in [5.74, 6) is 0.440. The zero-order valence-electron chi connectivity index (χ0n) is 12.3. The average Bonchev–Trinajstić information content (AvgIpc) is 2.32. The summed E-state index contributed by atoms with van der Waals surface area (Å²) in [6.07, 6.45) is 3.85. The van der Waals surface area contributed by atoms with Gasteiger partial charge in [0, 0.05) is 44.6 Å². The third-order valence-electron chi connectivity index (χ3n) is 3.30.